The molecule has 0 aromatic rings. The van der Waals surface area contributed by atoms with Gasteiger partial charge in [0.25, 0.3) is 0 Å². The average Bonchev–Trinajstić information content (AvgIpc) is 2.41. The molecule has 1 spiro atoms. The first-order valence-electron chi connectivity index (χ1n) is 9.39. The maximum absolute atomic E-state index is 12.1. The summed E-state index contributed by atoms with van der Waals surface area (Å²) >= 11 is 0. The van der Waals surface area contributed by atoms with Crippen LogP contribution in [0.4, 0.5) is 4.79 Å². The molecule has 1 heterocycles. The lowest BCUT2D eigenvalue weighted by Gasteiger charge is -2.51. The van der Waals surface area contributed by atoms with Crippen LogP contribution in [-0.2, 0) is 9.39 Å². The quantitative estimate of drug-likeness (QED) is 0.747. The molecule has 0 aromatic carbocycles. The van der Waals surface area contributed by atoms with Gasteiger partial charge in [0.1, 0.15) is 5.60 Å². The molecule has 2 N–H and O–H groups in total. The van der Waals surface area contributed by atoms with Crippen molar-refractivity contribution in [2.75, 3.05) is 13.1 Å². The summed E-state index contributed by atoms with van der Waals surface area (Å²) in [6.07, 6.45) is 4.21. The summed E-state index contributed by atoms with van der Waals surface area (Å²) in [5.41, 5.74) is -1.47. The fourth-order valence-electron chi connectivity index (χ4n) is 3.19. The molecule has 0 saturated carbocycles. The van der Waals surface area contributed by atoms with Crippen LogP contribution in [-0.4, -0.2) is 58.1 Å². The summed E-state index contributed by atoms with van der Waals surface area (Å²) in [7, 11) is -1.02. The Morgan fingerprint density at radius 2 is 1.77 bits per heavy atom. The van der Waals surface area contributed by atoms with E-state index in [4.69, 9.17) is 9.39 Å². The van der Waals surface area contributed by atoms with Crippen molar-refractivity contribution in [2.24, 2.45) is 5.41 Å². The van der Waals surface area contributed by atoms with E-state index >= 15 is 0 Å². The number of rotatable bonds is 4. The lowest BCUT2D eigenvalue weighted by atomic mass is 9.62. The Kier molecular flexibility index (Phi) is 5.59. The highest BCUT2D eigenvalue weighted by Gasteiger charge is 2.48. The third-order valence-corrected chi connectivity index (χ3v) is 5.64. The van der Waals surface area contributed by atoms with Crippen molar-refractivity contribution in [3.05, 3.63) is 11.5 Å². The largest absolute Gasteiger partial charge is 0.487 e. The van der Waals surface area contributed by atoms with Gasteiger partial charge in [-0.25, -0.2) is 4.79 Å². The van der Waals surface area contributed by atoms with E-state index in [-0.39, 0.29) is 11.5 Å². The summed E-state index contributed by atoms with van der Waals surface area (Å²) in [5, 5.41) is 20.6. The minimum Gasteiger partial charge on any atom is -0.444 e. The Hall–Kier alpha value is -1.05. The third kappa shape index (κ3) is 4.81. The Bertz CT molecular complexity index is 567. The van der Waals surface area contributed by atoms with Gasteiger partial charge in [-0.2, -0.15) is 0 Å². The Morgan fingerprint density at radius 1 is 1.19 bits per heavy atom. The predicted octanol–water partition coefficient (Wildman–Crippen LogP) is 2.92. The average molecular weight is 367 g/mol. The minimum absolute atomic E-state index is 0.0892. The van der Waals surface area contributed by atoms with E-state index in [9.17, 15) is 14.9 Å². The molecule has 0 unspecified atom stereocenters. The van der Waals surface area contributed by atoms with Gasteiger partial charge in [0.05, 0.1) is 11.2 Å². The van der Waals surface area contributed by atoms with E-state index < -0.39 is 23.9 Å². The van der Waals surface area contributed by atoms with Gasteiger partial charge < -0.3 is 24.4 Å². The van der Waals surface area contributed by atoms with Gasteiger partial charge in [-0.3, -0.25) is 0 Å². The van der Waals surface area contributed by atoms with Crippen molar-refractivity contribution in [3.63, 3.8) is 0 Å². The Balaban J connectivity index is 1.89. The molecule has 2 rings (SSSR count). The second-order valence-electron chi connectivity index (χ2n) is 9.86. The molecule has 2 aliphatic rings. The maximum atomic E-state index is 12.1. The Morgan fingerprint density at radius 3 is 2.19 bits per heavy atom. The molecule has 0 bridgehead atoms. The molecule has 26 heavy (non-hydrogen) atoms. The lowest BCUT2D eigenvalue weighted by Crippen LogP contribution is -2.60. The lowest BCUT2D eigenvalue weighted by molar-refractivity contribution is -0.0991. The van der Waals surface area contributed by atoms with E-state index in [1.807, 2.05) is 26.8 Å². The van der Waals surface area contributed by atoms with Crippen LogP contribution in [0.15, 0.2) is 11.5 Å². The summed E-state index contributed by atoms with van der Waals surface area (Å²) in [5.74, 6) is 0. The van der Waals surface area contributed by atoms with Gasteiger partial charge in [0.15, 0.2) is 0 Å². The van der Waals surface area contributed by atoms with Crippen molar-refractivity contribution in [3.8, 4) is 0 Å². The molecule has 0 aromatic heterocycles. The minimum atomic E-state index is -1.06. The monoisotopic (exact) mass is 367 g/mol. The molecule has 7 heteroatoms. The molecule has 1 amide bonds. The van der Waals surface area contributed by atoms with E-state index in [2.05, 4.69) is 0 Å². The van der Waals surface area contributed by atoms with E-state index in [1.165, 1.54) is 0 Å². The molecular formula is C19H34BNO5. The molecule has 1 aliphatic heterocycles. The predicted molar refractivity (Wildman–Crippen MR) is 102 cm³/mol. The van der Waals surface area contributed by atoms with Crippen LogP contribution >= 0.6 is 0 Å². The van der Waals surface area contributed by atoms with Crippen LogP contribution in [0.3, 0.4) is 0 Å². The number of carbonyl (C=O) groups is 1. The number of nitrogens with zero attached hydrogens (tertiary/aromatic N) is 1. The smallest absolute Gasteiger partial charge is 0.444 e. The fraction of sp³-hybridized carbons (Fsp3) is 0.842. The SMILES string of the molecule is CC(C)(C)OC(=O)N1CC2(CC=C(B(O)OC(C)(C)C(C)(C)O)CC2)C1. The summed E-state index contributed by atoms with van der Waals surface area (Å²) in [6, 6.07) is 0. The Labute approximate surface area is 157 Å². The number of amides is 1. The van der Waals surface area contributed by atoms with Crippen LogP contribution in [0.1, 0.15) is 67.7 Å². The maximum Gasteiger partial charge on any atom is 0.487 e. The van der Waals surface area contributed by atoms with E-state index in [1.54, 1.807) is 32.6 Å². The normalized spacial score (nSPS) is 20.5. The van der Waals surface area contributed by atoms with Crippen molar-refractivity contribution in [1.29, 1.82) is 0 Å². The number of allylic oxidation sites excluding steroid dienone is 2. The van der Waals surface area contributed by atoms with Gasteiger partial charge in [-0.1, -0.05) is 6.08 Å². The highest BCUT2D eigenvalue weighted by atomic mass is 16.6. The van der Waals surface area contributed by atoms with Crippen LogP contribution in [0.25, 0.3) is 0 Å². The van der Waals surface area contributed by atoms with Crippen molar-refractivity contribution >= 4 is 13.2 Å². The first kappa shape index (κ1) is 21.3. The third-order valence-electron chi connectivity index (χ3n) is 5.64. The summed E-state index contributed by atoms with van der Waals surface area (Å²) in [4.78, 5) is 13.8. The van der Waals surface area contributed by atoms with Crippen molar-refractivity contribution in [2.45, 2.75) is 84.5 Å². The van der Waals surface area contributed by atoms with Crippen LogP contribution in [0, 0.1) is 5.41 Å². The van der Waals surface area contributed by atoms with Gasteiger partial charge in [0, 0.05) is 18.5 Å². The van der Waals surface area contributed by atoms with Crippen LogP contribution in [0.5, 0.6) is 0 Å². The molecule has 1 saturated heterocycles. The van der Waals surface area contributed by atoms with Crippen LogP contribution in [0.2, 0.25) is 0 Å². The fourth-order valence-corrected chi connectivity index (χ4v) is 3.19. The van der Waals surface area contributed by atoms with Crippen molar-refractivity contribution < 1.29 is 24.3 Å². The molecular weight excluding hydrogens is 333 g/mol. The second kappa shape index (κ2) is 6.84. The van der Waals surface area contributed by atoms with E-state index in [0.717, 1.165) is 24.7 Å². The number of likely N-dealkylation sites (tertiary alicyclic amines) is 1. The van der Waals surface area contributed by atoms with Gasteiger partial charge in [-0.15, -0.1) is 0 Å². The highest BCUT2D eigenvalue weighted by Crippen LogP contribution is 2.44. The van der Waals surface area contributed by atoms with Gasteiger partial charge in [-0.05, 0) is 73.2 Å². The molecule has 6 nitrogen and oxygen atoms in total. The van der Waals surface area contributed by atoms with E-state index in [0.29, 0.717) is 13.1 Å². The zero-order valence-corrected chi connectivity index (χ0v) is 17.3. The number of hydrogen-bond donors (Lipinski definition) is 2. The zero-order chi connectivity index (χ0) is 20.0. The first-order chi connectivity index (χ1) is 11.6. The standard InChI is InChI=1S/C19H34BNO5/c1-16(2,3)25-15(22)21-12-19(13-21)10-8-14(9-11-19)20(24)26-18(6,7)17(4,5)23/h8,23-24H,9-13H2,1-7H3. The number of hydrogen-bond acceptors (Lipinski definition) is 5. The second-order valence-corrected chi connectivity index (χ2v) is 9.86. The molecule has 148 valence electrons. The molecule has 1 aliphatic carbocycles. The molecule has 1 fully saturated rings. The summed E-state index contributed by atoms with van der Waals surface area (Å²) in [6.45, 7) is 13.9. The number of ether oxygens (including phenoxy) is 1. The van der Waals surface area contributed by atoms with Crippen molar-refractivity contribution in [1.82, 2.24) is 4.90 Å². The number of aliphatic hydroxyl groups is 1. The van der Waals surface area contributed by atoms with Gasteiger partial charge >= 0.3 is 13.2 Å². The molecule has 0 radical (unpaired) electrons. The van der Waals surface area contributed by atoms with Crippen LogP contribution < -0.4 is 0 Å². The summed E-state index contributed by atoms with van der Waals surface area (Å²) < 4.78 is 11.1. The molecule has 0 atom stereocenters. The zero-order valence-electron chi connectivity index (χ0n) is 17.3. The first-order valence-corrected chi connectivity index (χ1v) is 9.39. The topological polar surface area (TPSA) is 79.2 Å². The number of carbonyl (C=O) groups excluding carboxylic acids is 1. The van der Waals surface area contributed by atoms with Gasteiger partial charge in [0.2, 0.25) is 0 Å². The highest BCUT2D eigenvalue weighted by molar-refractivity contribution is 6.52.